The Kier molecular flexibility index (Phi) is 6.49. The van der Waals surface area contributed by atoms with Crippen LogP contribution in [-0.4, -0.2) is 59.1 Å². The summed E-state index contributed by atoms with van der Waals surface area (Å²) in [6.45, 7) is 1.49. The zero-order valence-electron chi connectivity index (χ0n) is 16.0. The molecule has 3 aromatic rings. The molecule has 0 N–H and O–H groups in total. The summed E-state index contributed by atoms with van der Waals surface area (Å²) in [6.07, 6.45) is 2.67. The van der Waals surface area contributed by atoms with Gasteiger partial charge in [-0.3, -0.25) is 9.78 Å². The highest BCUT2D eigenvalue weighted by atomic mass is 19.1. The predicted octanol–water partition coefficient (Wildman–Crippen LogP) is 3.34. The quantitative estimate of drug-likeness (QED) is 0.695. The Labute approximate surface area is 163 Å². The number of amides is 1. The van der Waals surface area contributed by atoms with Crippen LogP contribution < -0.4 is 0 Å². The van der Waals surface area contributed by atoms with Crippen molar-refractivity contribution in [2.75, 3.05) is 27.2 Å². The fraction of sp³-hybridized carbons (Fsp3) is 0.286. The summed E-state index contributed by atoms with van der Waals surface area (Å²) in [5, 5.41) is 3.89. The lowest BCUT2D eigenvalue weighted by atomic mass is 10.2. The van der Waals surface area contributed by atoms with Crippen molar-refractivity contribution in [2.45, 2.75) is 12.5 Å². The van der Waals surface area contributed by atoms with Crippen molar-refractivity contribution >= 4 is 5.91 Å². The van der Waals surface area contributed by atoms with Gasteiger partial charge in [0.05, 0.1) is 0 Å². The number of rotatable bonds is 3. The lowest BCUT2D eigenvalue weighted by molar-refractivity contribution is 0.0773. The molecule has 1 unspecified atom stereocenters. The fourth-order valence-electron chi connectivity index (χ4n) is 2.93. The van der Waals surface area contributed by atoms with Gasteiger partial charge < -0.3 is 14.3 Å². The molecule has 4 rings (SSSR count). The Bertz CT molecular complexity index is 884. The highest BCUT2D eigenvalue weighted by Gasteiger charge is 2.29. The lowest BCUT2D eigenvalue weighted by Gasteiger charge is -2.19. The Morgan fingerprint density at radius 3 is 2.50 bits per heavy atom. The summed E-state index contributed by atoms with van der Waals surface area (Å²) < 4.78 is 17.1. The first-order valence-electron chi connectivity index (χ1n) is 9.09. The van der Waals surface area contributed by atoms with Gasteiger partial charge in [-0.15, -0.1) is 0 Å². The zero-order chi connectivity index (χ0) is 19.9. The van der Waals surface area contributed by atoms with Crippen molar-refractivity contribution in [2.24, 2.45) is 0 Å². The zero-order valence-corrected chi connectivity index (χ0v) is 16.0. The van der Waals surface area contributed by atoms with E-state index in [1.165, 1.54) is 12.1 Å². The number of likely N-dealkylation sites (tertiary alicyclic amines) is 1. The summed E-state index contributed by atoms with van der Waals surface area (Å²) in [6, 6.07) is 15.5. The molecule has 1 saturated heterocycles. The average Bonchev–Trinajstić information content (AvgIpc) is 3.40. The van der Waals surface area contributed by atoms with Crippen LogP contribution in [0.15, 0.2) is 65.3 Å². The number of pyridine rings is 1. The normalized spacial score (nSPS) is 16.0. The van der Waals surface area contributed by atoms with Gasteiger partial charge in [-0.1, -0.05) is 29.4 Å². The number of hydrogen-bond acceptors (Lipinski definition) is 5. The maximum atomic E-state index is 12.4. The molecule has 3 heterocycles. The minimum Gasteiger partial charge on any atom is -0.354 e. The standard InChI is InChI=1S/C15H18N4O2.C6H5F/c1-18(2)11-6-8-19(10-11)15(20)13-9-14(21-17-13)12-5-3-4-7-16-12;7-6-4-2-1-3-5-6/h3-5,7,9,11H,6,8,10H2,1-2H3;1-5H. The fourth-order valence-corrected chi connectivity index (χ4v) is 2.93. The molecule has 6 nitrogen and oxygen atoms in total. The van der Waals surface area contributed by atoms with Crippen LogP contribution in [0.2, 0.25) is 0 Å². The third-order valence-electron chi connectivity index (χ3n) is 4.56. The van der Waals surface area contributed by atoms with E-state index in [9.17, 15) is 9.18 Å². The predicted molar refractivity (Wildman–Crippen MR) is 104 cm³/mol. The van der Waals surface area contributed by atoms with E-state index in [0.717, 1.165) is 19.5 Å². The SMILES string of the molecule is CN(C)C1CCN(C(=O)c2cc(-c3ccccn3)on2)C1.Fc1ccccc1. The first-order valence-corrected chi connectivity index (χ1v) is 9.09. The topological polar surface area (TPSA) is 62.5 Å². The number of benzene rings is 1. The van der Waals surface area contributed by atoms with Crippen LogP contribution in [0.4, 0.5) is 4.39 Å². The molecule has 1 aliphatic rings. The number of likely N-dealkylation sites (N-methyl/N-ethyl adjacent to an activating group) is 1. The van der Waals surface area contributed by atoms with Crippen molar-refractivity contribution in [1.82, 2.24) is 19.9 Å². The Hall–Kier alpha value is -3.06. The molecule has 1 aliphatic heterocycles. The first-order chi connectivity index (χ1) is 13.5. The summed E-state index contributed by atoms with van der Waals surface area (Å²) in [5.74, 6) is 0.259. The minimum atomic E-state index is -0.178. The molecule has 1 atom stereocenters. The average molecular weight is 382 g/mol. The Balaban J connectivity index is 0.000000271. The van der Waals surface area contributed by atoms with Crippen molar-refractivity contribution < 1.29 is 13.7 Å². The van der Waals surface area contributed by atoms with Crippen LogP contribution in [0, 0.1) is 5.82 Å². The lowest BCUT2D eigenvalue weighted by Crippen LogP contribution is -2.34. The second-order valence-corrected chi connectivity index (χ2v) is 6.74. The van der Waals surface area contributed by atoms with Gasteiger partial charge >= 0.3 is 0 Å². The van der Waals surface area contributed by atoms with Crippen LogP contribution in [0.25, 0.3) is 11.5 Å². The van der Waals surface area contributed by atoms with E-state index in [1.807, 2.05) is 37.2 Å². The number of carbonyl (C=O) groups excluding carboxylic acids is 1. The Morgan fingerprint density at radius 1 is 1.18 bits per heavy atom. The van der Waals surface area contributed by atoms with Gasteiger partial charge in [0.1, 0.15) is 11.5 Å². The number of hydrogen-bond donors (Lipinski definition) is 0. The molecular formula is C21H23FN4O2. The molecular weight excluding hydrogens is 359 g/mol. The molecule has 0 bridgehead atoms. The highest BCUT2D eigenvalue weighted by molar-refractivity contribution is 5.93. The summed E-state index contributed by atoms with van der Waals surface area (Å²) in [4.78, 5) is 20.6. The summed E-state index contributed by atoms with van der Waals surface area (Å²) >= 11 is 0. The number of nitrogens with zero attached hydrogens (tertiary/aromatic N) is 4. The van der Waals surface area contributed by atoms with Crippen molar-refractivity contribution in [3.05, 3.63) is 72.3 Å². The second kappa shape index (κ2) is 9.23. The van der Waals surface area contributed by atoms with E-state index >= 15 is 0 Å². The van der Waals surface area contributed by atoms with Gasteiger partial charge in [-0.05, 0) is 44.8 Å². The van der Waals surface area contributed by atoms with E-state index in [1.54, 1.807) is 30.5 Å². The molecule has 0 saturated carbocycles. The second-order valence-electron chi connectivity index (χ2n) is 6.74. The van der Waals surface area contributed by atoms with E-state index < -0.39 is 0 Å². The summed E-state index contributed by atoms with van der Waals surface area (Å²) in [5.41, 5.74) is 1.02. The molecule has 0 aliphatic carbocycles. The molecule has 1 amide bonds. The molecule has 7 heteroatoms. The molecule has 0 spiro atoms. The van der Waals surface area contributed by atoms with Gasteiger partial charge in [0, 0.05) is 31.4 Å². The van der Waals surface area contributed by atoms with Crippen molar-refractivity contribution in [1.29, 1.82) is 0 Å². The number of aromatic nitrogens is 2. The van der Waals surface area contributed by atoms with Gasteiger partial charge in [-0.25, -0.2) is 4.39 Å². The molecule has 1 fully saturated rings. The van der Waals surface area contributed by atoms with E-state index in [4.69, 9.17) is 4.52 Å². The molecule has 2 aromatic heterocycles. The van der Waals surface area contributed by atoms with Crippen LogP contribution >= 0.6 is 0 Å². The van der Waals surface area contributed by atoms with E-state index in [2.05, 4.69) is 15.0 Å². The highest BCUT2D eigenvalue weighted by Crippen LogP contribution is 2.20. The van der Waals surface area contributed by atoms with Gasteiger partial charge in [0.2, 0.25) is 0 Å². The van der Waals surface area contributed by atoms with E-state index in [-0.39, 0.29) is 11.7 Å². The molecule has 146 valence electrons. The molecule has 28 heavy (non-hydrogen) atoms. The maximum absolute atomic E-state index is 12.4. The third-order valence-corrected chi connectivity index (χ3v) is 4.56. The number of halogens is 1. The van der Waals surface area contributed by atoms with Crippen molar-refractivity contribution in [3.63, 3.8) is 0 Å². The van der Waals surface area contributed by atoms with Crippen LogP contribution in [0.1, 0.15) is 16.9 Å². The smallest absolute Gasteiger partial charge is 0.276 e. The van der Waals surface area contributed by atoms with Crippen LogP contribution in [0.5, 0.6) is 0 Å². The monoisotopic (exact) mass is 382 g/mol. The Morgan fingerprint density at radius 2 is 1.93 bits per heavy atom. The number of carbonyl (C=O) groups is 1. The largest absolute Gasteiger partial charge is 0.354 e. The minimum absolute atomic E-state index is 0.0784. The van der Waals surface area contributed by atoms with Gasteiger partial charge in [-0.2, -0.15) is 0 Å². The molecule has 1 aromatic carbocycles. The van der Waals surface area contributed by atoms with Crippen LogP contribution in [-0.2, 0) is 0 Å². The van der Waals surface area contributed by atoms with E-state index in [0.29, 0.717) is 23.2 Å². The third kappa shape index (κ3) is 5.01. The maximum Gasteiger partial charge on any atom is 0.276 e. The van der Waals surface area contributed by atoms with Gasteiger partial charge in [0.15, 0.2) is 11.5 Å². The van der Waals surface area contributed by atoms with Crippen molar-refractivity contribution in [3.8, 4) is 11.5 Å². The van der Waals surface area contributed by atoms with Crippen LogP contribution in [0.3, 0.4) is 0 Å². The molecule has 0 radical (unpaired) electrons. The first kappa shape index (κ1) is 19.7. The summed E-state index contributed by atoms with van der Waals surface area (Å²) in [7, 11) is 4.07. The van der Waals surface area contributed by atoms with Gasteiger partial charge in [0.25, 0.3) is 5.91 Å².